The van der Waals surface area contributed by atoms with E-state index < -0.39 is 11.7 Å². The lowest BCUT2D eigenvalue weighted by molar-refractivity contribution is -0.138. The second-order valence-electron chi connectivity index (χ2n) is 6.65. The topological polar surface area (TPSA) is 104 Å². The summed E-state index contributed by atoms with van der Waals surface area (Å²) in [5.74, 6) is -0.190. The van der Waals surface area contributed by atoms with Crippen LogP contribution < -0.4 is 16.4 Å². The van der Waals surface area contributed by atoms with Crippen molar-refractivity contribution in [3.8, 4) is 6.07 Å². The van der Waals surface area contributed by atoms with Gasteiger partial charge in [-0.25, -0.2) is 4.98 Å². The number of benzene rings is 1. The van der Waals surface area contributed by atoms with Gasteiger partial charge in [0.15, 0.2) is 0 Å². The van der Waals surface area contributed by atoms with E-state index in [9.17, 15) is 23.2 Å². The highest BCUT2D eigenvalue weighted by Crippen LogP contribution is 2.33. The average molecular weight is 389 g/mol. The Labute approximate surface area is 159 Å². The van der Waals surface area contributed by atoms with Crippen LogP contribution in [0.3, 0.4) is 0 Å². The number of halogens is 3. The largest absolute Gasteiger partial charge is 0.416 e. The minimum atomic E-state index is -4.44. The maximum absolute atomic E-state index is 13.1. The number of anilines is 2. The average Bonchev–Trinajstić information content (AvgIpc) is 2.61. The van der Waals surface area contributed by atoms with Gasteiger partial charge in [0, 0.05) is 30.8 Å². The van der Waals surface area contributed by atoms with Crippen LogP contribution in [0, 0.1) is 17.2 Å². The summed E-state index contributed by atoms with van der Waals surface area (Å²) in [6.07, 6.45) is -1.94. The van der Waals surface area contributed by atoms with Crippen LogP contribution in [-0.2, 0) is 17.5 Å². The zero-order valence-electron chi connectivity index (χ0n) is 14.8. The molecule has 1 heterocycles. The van der Waals surface area contributed by atoms with Gasteiger partial charge in [-0.15, -0.1) is 0 Å². The van der Waals surface area contributed by atoms with E-state index in [4.69, 9.17) is 5.73 Å². The molecule has 1 fully saturated rings. The number of hydrogen-bond donors (Lipinski definition) is 3. The quantitative estimate of drug-likeness (QED) is 0.704. The monoisotopic (exact) mass is 389 g/mol. The van der Waals surface area contributed by atoms with Gasteiger partial charge in [-0.3, -0.25) is 4.79 Å². The molecule has 1 aliphatic carbocycles. The third-order valence-electron chi connectivity index (χ3n) is 4.71. The van der Waals surface area contributed by atoms with Gasteiger partial charge in [0.25, 0.3) is 0 Å². The first-order valence-corrected chi connectivity index (χ1v) is 8.63. The molecule has 3 rings (SSSR count). The highest BCUT2D eigenvalue weighted by molar-refractivity contribution is 5.78. The Morgan fingerprint density at radius 1 is 1.32 bits per heavy atom. The Hall–Kier alpha value is -3.28. The number of pyridine rings is 1. The zero-order valence-corrected chi connectivity index (χ0v) is 14.8. The summed E-state index contributed by atoms with van der Waals surface area (Å²) in [6, 6.07) is 8.91. The Balaban J connectivity index is 1.71. The Morgan fingerprint density at radius 3 is 2.68 bits per heavy atom. The van der Waals surface area contributed by atoms with Gasteiger partial charge < -0.3 is 16.4 Å². The third-order valence-corrected chi connectivity index (χ3v) is 4.71. The first-order chi connectivity index (χ1) is 13.3. The third kappa shape index (κ3) is 4.34. The molecule has 1 saturated carbocycles. The molecule has 6 nitrogen and oxygen atoms in total. The molecule has 0 saturated heterocycles. The molecule has 0 bridgehead atoms. The van der Waals surface area contributed by atoms with Crippen LogP contribution in [0.25, 0.3) is 0 Å². The van der Waals surface area contributed by atoms with Gasteiger partial charge in [-0.1, -0.05) is 18.2 Å². The number of aromatic nitrogens is 1. The van der Waals surface area contributed by atoms with Crippen molar-refractivity contribution in [3.63, 3.8) is 0 Å². The van der Waals surface area contributed by atoms with E-state index in [1.807, 2.05) is 6.07 Å². The summed E-state index contributed by atoms with van der Waals surface area (Å²) in [5, 5.41) is 15.3. The van der Waals surface area contributed by atoms with Crippen molar-refractivity contribution in [2.75, 3.05) is 10.6 Å². The number of rotatable bonds is 6. The molecule has 1 aromatic carbocycles. The molecule has 146 valence electrons. The molecule has 1 aliphatic rings. The van der Waals surface area contributed by atoms with Gasteiger partial charge >= 0.3 is 6.18 Å². The van der Waals surface area contributed by atoms with Gasteiger partial charge in [0.2, 0.25) is 5.91 Å². The predicted molar refractivity (Wildman–Crippen MR) is 97.1 cm³/mol. The van der Waals surface area contributed by atoms with Crippen molar-refractivity contribution in [1.82, 2.24) is 4.98 Å². The molecular weight excluding hydrogens is 371 g/mol. The minimum Gasteiger partial charge on any atom is -0.381 e. The van der Waals surface area contributed by atoms with E-state index >= 15 is 0 Å². The molecular formula is C19H18F3N5O. The molecule has 0 unspecified atom stereocenters. The highest BCUT2D eigenvalue weighted by atomic mass is 19.4. The van der Waals surface area contributed by atoms with Crippen LogP contribution in [0.5, 0.6) is 0 Å². The fourth-order valence-electron chi connectivity index (χ4n) is 3.09. The second-order valence-corrected chi connectivity index (χ2v) is 6.65. The summed E-state index contributed by atoms with van der Waals surface area (Å²) in [7, 11) is 0. The number of nitrogens with zero attached hydrogens (tertiary/aromatic N) is 2. The van der Waals surface area contributed by atoms with Gasteiger partial charge in [-0.05, 0) is 24.5 Å². The normalized spacial score (nSPS) is 18.6. The van der Waals surface area contributed by atoms with Gasteiger partial charge in [0.1, 0.15) is 11.9 Å². The highest BCUT2D eigenvalue weighted by Gasteiger charge is 2.34. The van der Waals surface area contributed by atoms with E-state index in [0.717, 1.165) is 6.07 Å². The lowest BCUT2D eigenvalue weighted by atomic mass is 9.79. The van der Waals surface area contributed by atoms with Crippen LogP contribution in [0.4, 0.5) is 24.7 Å². The zero-order chi connectivity index (χ0) is 20.3. The molecule has 0 aliphatic heterocycles. The van der Waals surface area contributed by atoms with Crippen molar-refractivity contribution in [2.24, 2.45) is 11.7 Å². The van der Waals surface area contributed by atoms with E-state index in [1.165, 1.54) is 24.4 Å². The summed E-state index contributed by atoms with van der Waals surface area (Å²) in [4.78, 5) is 15.2. The fourth-order valence-corrected chi connectivity index (χ4v) is 3.09. The maximum atomic E-state index is 13.1. The summed E-state index contributed by atoms with van der Waals surface area (Å²) in [5.41, 5.74) is 5.46. The Bertz CT molecular complexity index is 917. The standard InChI is InChI=1S/C19H18F3N5O/c20-19(21,22)15-4-2-1-3-11(15)9-25-17-7-16(13(8-23)10-26-17)27-14-5-12(6-14)18(24)28/h1-4,7,10,12,14H,5-6,9H2,(H2,24,28)(H2,25,26,27). The number of carbonyl (C=O) groups is 1. The number of alkyl halides is 3. The van der Waals surface area contributed by atoms with Crippen LogP contribution in [0.15, 0.2) is 36.5 Å². The van der Waals surface area contributed by atoms with Crippen LogP contribution >= 0.6 is 0 Å². The number of carbonyl (C=O) groups excluding carboxylic acids is 1. The van der Waals surface area contributed by atoms with Crippen LogP contribution in [0.2, 0.25) is 0 Å². The van der Waals surface area contributed by atoms with E-state index in [-0.39, 0.29) is 30.0 Å². The number of amides is 1. The van der Waals surface area contributed by atoms with Crippen molar-refractivity contribution >= 4 is 17.4 Å². The van der Waals surface area contributed by atoms with Crippen molar-refractivity contribution in [1.29, 1.82) is 5.26 Å². The fraction of sp³-hybridized carbons (Fsp3) is 0.316. The van der Waals surface area contributed by atoms with E-state index in [2.05, 4.69) is 15.6 Å². The summed E-state index contributed by atoms with van der Waals surface area (Å²) >= 11 is 0. The first kappa shape index (κ1) is 19.5. The molecule has 1 amide bonds. The Morgan fingerprint density at radius 2 is 2.04 bits per heavy atom. The minimum absolute atomic E-state index is 0.00538. The molecule has 4 N–H and O–H groups in total. The predicted octanol–water partition coefficient (Wildman–Crippen LogP) is 3.26. The number of nitrogens with two attached hydrogens (primary N) is 1. The van der Waals surface area contributed by atoms with Crippen LogP contribution in [-0.4, -0.2) is 16.9 Å². The van der Waals surface area contributed by atoms with E-state index in [0.29, 0.717) is 29.9 Å². The maximum Gasteiger partial charge on any atom is 0.416 e. The molecule has 0 atom stereocenters. The van der Waals surface area contributed by atoms with Crippen molar-refractivity contribution < 1.29 is 18.0 Å². The number of nitrogens with one attached hydrogen (secondary N) is 2. The van der Waals surface area contributed by atoms with Crippen LogP contribution in [0.1, 0.15) is 29.5 Å². The molecule has 28 heavy (non-hydrogen) atoms. The molecule has 2 aromatic rings. The smallest absolute Gasteiger partial charge is 0.381 e. The van der Waals surface area contributed by atoms with Crippen molar-refractivity contribution in [3.05, 3.63) is 53.2 Å². The summed E-state index contributed by atoms with van der Waals surface area (Å²) in [6.45, 7) is -0.0683. The van der Waals surface area contributed by atoms with Gasteiger partial charge in [-0.2, -0.15) is 18.4 Å². The number of hydrogen-bond acceptors (Lipinski definition) is 5. The number of nitriles is 1. The SMILES string of the molecule is N#Cc1cnc(NCc2ccccc2C(F)(F)F)cc1NC1CC(C(N)=O)C1. The second kappa shape index (κ2) is 7.76. The molecule has 0 spiro atoms. The Kier molecular flexibility index (Phi) is 5.40. The molecule has 9 heteroatoms. The summed E-state index contributed by atoms with van der Waals surface area (Å²) < 4.78 is 39.3. The lowest BCUT2D eigenvalue weighted by Crippen LogP contribution is -2.42. The lowest BCUT2D eigenvalue weighted by Gasteiger charge is -2.34. The van der Waals surface area contributed by atoms with Crippen molar-refractivity contribution in [2.45, 2.75) is 31.6 Å². The first-order valence-electron chi connectivity index (χ1n) is 8.63. The van der Waals surface area contributed by atoms with E-state index in [1.54, 1.807) is 6.07 Å². The van der Waals surface area contributed by atoms with Gasteiger partial charge in [0.05, 0.1) is 16.8 Å². The number of primary amides is 1. The molecule has 1 aromatic heterocycles. The molecule has 0 radical (unpaired) electrons.